The Bertz CT molecular complexity index is 1160. The van der Waals surface area contributed by atoms with Crippen molar-refractivity contribution in [3.63, 3.8) is 0 Å². The molecule has 0 saturated carbocycles. The predicted octanol–water partition coefficient (Wildman–Crippen LogP) is 6.75. The lowest BCUT2D eigenvalue weighted by atomic mass is 9.88. The highest BCUT2D eigenvalue weighted by Gasteiger charge is 2.23. The number of esters is 1. The zero-order chi connectivity index (χ0) is 23.0. The molecule has 4 nitrogen and oxygen atoms in total. The maximum atomic E-state index is 13.2. The maximum Gasteiger partial charge on any atom is 0.341 e. The van der Waals surface area contributed by atoms with Crippen LogP contribution in [-0.4, -0.2) is 18.5 Å². The number of amides is 1. The minimum atomic E-state index is -0.436. The van der Waals surface area contributed by atoms with Gasteiger partial charge in [-0.05, 0) is 29.7 Å². The molecule has 0 aliphatic heterocycles. The summed E-state index contributed by atoms with van der Waals surface area (Å²) in [5, 5.41) is 3.50. The minimum absolute atomic E-state index is 0.0907. The second-order valence-corrected chi connectivity index (χ2v) is 8.62. The van der Waals surface area contributed by atoms with Gasteiger partial charge in [-0.1, -0.05) is 91.0 Å². The molecule has 1 heterocycles. The molecule has 4 rings (SSSR count). The fraction of sp³-hybridized carbons (Fsp3) is 0.143. The summed E-state index contributed by atoms with van der Waals surface area (Å²) in [5.41, 5.74) is 3.51. The van der Waals surface area contributed by atoms with Crippen LogP contribution in [-0.2, 0) is 9.53 Å². The van der Waals surface area contributed by atoms with Crippen LogP contribution in [0.2, 0.25) is 0 Å². The topological polar surface area (TPSA) is 55.4 Å². The summed E-state index contributed by atoms with van der Waals surface area (Å²) >= 11 is 1.38. The van der Waals surface area contributed by atoms with Crippen molar-refractivity contribution in [3.8, 4) is 10.4 Å². The molecule has 0 saturated heterocycles. The van der Waals surface area contributed by atoms with E-state index in [1.54, 1.807) is 13.0 Å². The van der Waals surface area contributed by atoms with Gasteiger partial charge in [0, 0.05) is 17.2 Å². The van der Waals surface area contributed by atoms with E-state index in [0.717, 1.165) is 21.6 Å². The van der Waals surface area contributed by atoms with E-state index in [9.17, 15) is 9.59 Å². The molecule has 3 aromatic carbocycles. The molecule has 0 fully saturated rings. The van der Waals surface area contributed by atoms with Gasteiger partial charge in [-0.2, -0.15) is 0 Å². The average Bonchev–Trinajstić information content (AvgIpc) is 3.28. The van der Waals surface area contributed by atoms with Gasteiger partial charge in [0.15, 0.2) is 0 Å². The van der Waals surface area contributed by atoms with Crippen molar-refractivity contribution in [1.29, 1.82) is 0 Å². The highest BCUT2D eigenvalue weighted by molar-refractivity contribution is 7.20. The van der Waals surface area contributed by atoms with E-state index in [-0.39, 0.29) is 24.9 Å². The van der Waals surface area contributed by atoms with Crippen LogP contribution in [0.4, 0.5) is 5.00 Å². The normalized spacial score (nSPS) is 10.7. The fourth-order valence-electron chi connectivity index (χ4n) is 3.75. The van der Waals surface area contributed by atoms with Crippen molar-refractivity contribution < 1.29 is 14.3 Å². The average molecular weight is 456 g/mol. The van der Waals surface area contributed by atoms with Gasteiger partial charge in [0.25, 0.3) is 0 Å². The van der Waals surface area contributed by atoms with Crippen molar-refractivity contribution >= 4 is 28.2 Å². The quantitative estimate of drug-likeness (QED) is 0.299. The number of anilines is 1. The number of hydrogen-bond acceptors (Lipinski definition) is 4. The maximum absolute atomic E-state index is 13.2. The molecule has 0 aliphatic rings. The first-order chi connectivity index (χ1) is 16.2. The Hall–Kier alpha value is -3.70. The second kappa shape index (κ2) is 10.7. The van der Waals surface area contributed by atoms with E-state index in [1.165, 1.54) is 11.3 Å². The van der Waals surface area contributed by atoms with E-state index < -0.39 is 5.97 Å². The summed E-state index contributed by atoms with van der Waals surface area (Å²) in [7, 11) is 0. The highest BCUT2D eigenvalue weighted by atomic mass is 32.1. The Labute approximate surface area is 197 Å². The zero-order valence-electron chi connectivity index (χ0n) is 18.4. The highest BCUT2D eigenvalue weighted by Crippen LogP contribution is 2.37. The summed E-state index contributed by atoms with van der Waals surface area (Å²) in [6.07, 6.45) is 0.259. The summed E-state index contributed by atoms with van der Waals surface area (Å²) in [4.78, 5) is 26.7. The summed E-state index contributed by atoms with van der Waals surface area (Å²) in [6.45, 7) is 2.04. The Morgan fingerprint density at radius 2 is 1.39 bits per heavy atom. The van der Waals surface area contributed by atoms with Crippen molar-refractivity contribution in [3.05, 3.63) is 114 Å². The molecule has 0 unspecified atom stereocenters. The Morgan fingerprint density at radius 1 is 0.848 bits per heavy atom. The van der Waals surface area contributed by atoms with Gasteiger partial charge >= 0.3 is 5.97 Å². The predicted molar refractivity (Wildman–Crippen MR) is 134 cm³/mol. The van der Waals surface area contributed by atoms with Crippen LogP contribution in [0.5, 0.6) is 0 Å². The first kappa shape index (κ1) is 22.5. The Kier molecular flexibility index (Phi) is 7.33. The van der Waals surface area contributed by atoms with Crippen molar-refractivity contribution in [2.24, 2.45) is 0 Å². The number of benzene rings is 3. The molecule has 4 aromatic rings. The first-order valence-electron chi connectivity index (χ1n) is 10.9. The zero-order valence-corrected chi connectivity index (χ0v) is 19.2. The third-order valence-corrected chi connectivity index (χ3v) is 6.43. The van der Waals surface area contributed by atoms with E-state index >= 15 is 0 Å². The van der Waals surface area contributed by atoms with Crippen LogP contribution >= 0.6 is 11.3 Å². The SMILES string of the molecule is CCOC(=O)c1cc(-c2ccccc2)sc1NC(=O)CC(c1ccccc1)c1ccccc1. The van der Waals surface area contributed by atoms with Gasteiger partial charge in [-0.3, -0.25) is 4.79 Å². The monoisotopic (exact) mass is 455 g/mol. The lowest BCUT2D eigenvalue weighted by Crippen LogP contribution is -2.17. The molecule has 0 aliphatic carbocycles. The Morgan fingerprint density at radius 3 is 1.94 bits per heavy atom. The largest absolute Gasteiger partial charge is 0.462 e. The lowest BCUT2D eigenvalue weighted by molar-refractivity contribution is -0.116. The summed E-state index contributed by atoms with van der Waals surface area (Å²) in [6, 6.07) is 31.6. The molecule has 5 heteroatoms. The molecule has 0 atom stereocenters. The molecule has 1 N–H and O–H groups in total. The van der Waals surface area contributed by atoms with E-state index in [0.29, 0.717) is 10.6 Å². The number of ether oxygens (including phenoxy) is 1. The van der Waals surface area contributed by atoms with E-state index in [4.69, 9.17) is 4.74 Å². The molecule has 33 heavy (non-hydrogen) atoms. The molecule has 0 radical (unpaired) electrons. The number of hydrogen-bond donors (Lipinski definition) is 1. The van der Waals surface area contributed by atoms with Crippen LogP contribution < -0.4 is 5.32 Å². The summed E-state index contributed by atoms with van der Waals surface area (Å²) in [5.74, 6) is -0.680. The van der Waals surface area contributed by atoms with Gasteiger partial charge in [0.05, 0.1) is 12.2 Å². The van der Waals surface area contributed by atoms with Crippen LogP contribution in [0.3, 0.4) is 0 Å². The third-order valence-electron chi connectivity index (χ3n) is 5.33. The minimum Gasteiger partial charge on any atom is -0.462 e. The fourth-order valence-corrected chi connectivity index (χ4v) is 4.82. The number of rotatable bonds is 8. The van der Waals surface area contributed by atoms with Crippen LogP contribution in [0, 0.1) is 0 Å². The van der Waals surface area contributed by atoms with E-state index in [1.807, 2.05) is 91.0 Å². The molecular weight excluding hydrogens is 430 g/mol. The summed E-state index contributed by atoms with van der Waals surface area (Å²) < 4.78 is 5.24. The van der Waals surface area contributed by atoms with Gasteiger partial charge in [0.1, 0.15) is 5.00 Å². The molecule has 0 spiro atoms. The van der Waals surface area contributed by atoms with Crippen LogP contribution in [0.25, 0.3) is 10.4 Å². The lowest BCUT2D eigenvalue weighted by Gasteiger charge is -2.18. The second-order valence-electron chi connectivity index (χ2n) is 7.57. The molecular formula is C28H25NO3S. The number of nitrogens with one attached hydrogen (secondary N) is 1. The molecule has 1 aromatic heterocycles. The molecule has 1 amide bonds. The van der Waals surface area contributed by atoms with Crippen LogP contribution in [0.1, 0.15) is 40.7 Å². The number of thiophene rings is 1. The van der Waals surface area contributed by atoms with E-state index in [2.05, 4.69) is 5.32 Å². The Balaban J connectivity index is 1.61. The third kappa shape index (κ3) is 5.57. The number of carbonyl (C=O) groups is 2. The van der Waals surface area contributed by atoms with Gasteiger partial charge in [-0.25, -0.2) is 4.79 Å². The van der Waals surface area contributed by atoms with Gasteiger partial charge in [-0.15, -0.1) is 11.3 Å². The van der Waals surface area contributed by atoms with Crippen LogP contribution in [0.15, 0.2) is 97.1 Å². The van der Waals surface area contributed by atoms with Crippen molar-refractivity contribution in [2.45, 2.75) is 19.3 Å². The molecule has 166 valence electrons. The van der Waals surface area contributed by atoms with Gasteiger partial charge < -0.3 is 10.1 Å². The standard InChI is InChI=1S/C28H25NO3S/c1-2-32-28(31)24-18-25(22-16-10-5-11-17-22)33-27(24)29-26(30)19-23(20-12-6-3-7-13-20)21-14-8-4-9-15-21/h3-18,23H,2,19H2,1H3,(H,29,30). The van der Waals surface area contributed by atoms with Gasteiger partial charge in [0.2, 0.25) is 5.91 Å². The van der Waals surface area contributed by atoms with Crippen molar-refractivity contribution in [1.82, 2.24) is 0 Å². The smallest absolute Gasteiger partial charge is 0.341 e. The number of carbonyl (C=O) groups excluding carboxylic acids is 2. The first-order valence-corrected chi connectivity index (χ1v) is 11.7. The molecule has 0 bridgehead atoms. The van der Waals surface area contributed by atoms with Crippen molar-refractivity contribution in [2.75, 3.05) is 11.9 Å².